The van der Waals surface area contributed by atoms with Gasteiger partial charge in [-0.15, -0.1) is 11.8 Å². The minimum Gasteiger partial charge on any atom is -0.454 e. The van der Waals surface area contributed by atoms with Gasteiger partial charge >= 0.3 is 5.97 Å². The Balaban J connectivity index is 1.41. The van der Waals surface area contributed by atoms with Gasteiger partial charge in [-0.1, -0.05) is 34.0 Å². The molecular formula is C22H18ClN3O4S. The molecule has 4 rings (SSSR count). The quantitative estimate of drug-likeness (QED) is 0.261. The Labute approximate surface area is 187 Å². The lowest BCUT2D eigenvalue weighted by Crippen LogP contribution is -2.07. The van der Waals surface area contributed by atoms with Gasteiger partial charge in [-0.05, 0) is 38.1 Å². The molecular weight excluding hydrogens is 438 g/mol. The zero-order chi connectivity index (χ0) is 21.8. The minimum atomic E-state index is -0.487. The highest BCUT2D eigenvalue weighted by molar-refractivity contribution is 7.98. The molecule has 9 heteroatoms. The number of hydrogen-bond donors (Lipinski definition) is 0. The van der Waals surface area contributed by atoms with Gasteiger partial charge in [0.25, 0.3) is 0 Å². The van der Waals surface area contributed by atoms with Gasteiger partial charge in [-0.2, -0.15) is 0 Å². The number of aromatic nitrogens is 3. The molecule has 0 aliphatic heterocycles. The maximum Gasteiger partial charge on any atom is 0.341 e. The Hall–Kier alpha value is -3.10. The first-order chi connectivity index (χ1) is 15.0. The molecule has 158 valence electrons. The number of rotatable bonds is 7. The van der Waals surface area contributed by atoms with Crippen LogP contribution in [-0.4, -0.2) is 21.3 Å². The number of nitrogens with zero attached hydrogens (tertiary/aromatic N) is 3. The molecule has 0 spiro atoms. The zero-order valence-corrected chi connectivity index (χ0v) is 18.4. The van der Waals surface area contributed by atoms with Gasteiger partial charge in [-0.25, -0.2) is 9.78 Å². The molecule has 0 radical (unpaired) electrons. The molecule has 0 fully saturated rings. The van der Waals surface area contributed by atoms with Crippen LogP contribution < -0.4 is 0 Å². The Morgan fingerprint density at radius 1 is 1.13 bits per heavy atom. The third-order valence-electron chi connectivity index (χ3n) is 4.57. The molecule has 1 aromatic carbocycles. The molecule has 0 atom stereocenters. The van der Waals surface area contributed by atoms with Crippen LogP contribution in [0.3, 0.4) is 0 Å². The van der Waals surface area contributed by atoms with Crippen molar-refractivity contribution >= 4 is 29.3 Å². The molecule has 0 saturated heterocycles. The molecule has 0 aliphatic carbocycles. The smallest absolute Gasteiger partial charge is 0.341 e. The van der Waals surface area contributed by atoms with Crippen molar-refractivity contribution in [1.82, 2.24) is 15.3 Å². The fourth-order valence-electron chi connectivity index (χ4n) is 2.86. The Morgan fingerprint density at radius 3 is 2.68 bits per heavy atom. The number of halogens is 1. The van der Waals surface area contributed by atoms with Crippen LogP contribution in [0.5, 0.6) is 0 Å². The Kier molecular flexibility index (Phi) is 6.39. The molecule has 3 aromatic heterocycles. The van der Waals surface area contributed by atoms with Crippen molar-refractivity contribution < 1.29 is 18.6 Å². The van der Waals surface area contributed by atoms with Crippen LogP contribution in [0.25, 0.3) is 11.3 Å². The van der Waals surface area contributed by atoms with E-state index in [0.717, 1.165) is 22.6 Å². The predicted molar refractivity (Wildman–Crippen MR) is 116 cm³/mol. The van der Waals surface area contributed by atoms with Crippen molar-refractivity contribution in [1.29, 1.82) is 0 Å². The van der Waals surface area contributed by atoms with E-state index in [-0.39, 0.29) is 6.61 Å². The molecule has 0 bridgehead atoms. The number of hydrogen-bond acceptors (Lipinski definition) is 8. The fraction of sp³-hybridized carbons (Fsp3) is 0.182. The summed E-state index contributed by atoms with van der Waals surface area (Å²) < 4.78 is 15.9. The number of carbonyl (C=O) groups is 1. The van der Waals surface area contributed by atoms with Crippen molar-refractivity contribution in [2.24, 2.45) is 0 Å². The molecule has 4 aromatic rings. The maximum atomic E-state index is 12.7. The number of pyridine rings is 1. The number of ether oxygens (including phenoxy) is 1. The third kappa shape index (κ3) is 4.98. The zero-order valence-electron chi connectivity index (χ0n) is 16.8. The van der Waals surface area contributed by atoms with E-state index in [1.807, 2.05) is 26.0 Å². The van der Waals surface area contributed by atoms with Crippen LogP contribution in [-0.2, 0) is 17.1 Å². The Morgan fingerprint density at radius 2 is 1.94 bits per heavy atom. The van der Waals surface area contributed by atoms with E-state index in [4.69, 9.17) is 25.4 Å². The average molecular weight is 456 g/mol. The van der Waals surface area contributed by atoms with Crippen molar-refractivity contribution in [2.75, 3.05) is 0 Å². The van der Waals surface area contributed by atoms with Gasteiger partial charge in [0, 0.05) is 34.2 Å². The second kappa shape index (κ2) is 9.36. The maximum absolute atomic E-state index is 12.7. The SMILES string of the molecule is Cc1noc(C)c1CSc1ncccc1C(=O)OCc1cc(-c2ccc(Cl)cc2)no1. The summed E-state index contributed by atoms with van der Waals surface area (Å²) >= 11 is 7.34. The lowest BCUT2D eigenvalue weighted by atomic mass is 10.1. The number of esters is 1. The van der Waals surface area contributed by atoms with Gasteiger partial charge in [0.15, 0.2) is 12.4 Å². The monoisotopic (exact) mass is 455 g/mol. The lowest BCUT2D eigenvalue weighted by molar-refractivity contribution is 0.0432. The van der Waals surface area contributed by atoms with Crippen LogP contribution in [0.1, 0.15) is 33.1 Å². The van der Waals surface area contributed by atoms with E-state index in [1.54, 1.807) is 36.5 Å². The van der Waals surface area contributed by atoms with E-state index >= 15 is 0 Å². The second-order valence-electron chi connectivity index (χ2n) is 6.71. The Bertz CT molecular complexity index is 1180. The topological polar surface area (TPSA) is 91.2 Å². The van der Waals surface area contributed by atoms with Crippen LogP contribution in [0.15, 0.2) is 62.7 Å². The summed E-state index contributed by atoms with van der Waals surface area (Å²) in [6.45, 7) is 3.71. The van der Waals surface area contributed by atoms with Crippen LogP contribution in [0.2, 0.25) is 5.02 Å². The summed E-state index contributed by atoms with van der Waals surface area (Å²) in [7, 11) is 0. The number of thioether (sulfide) groups is 1. The van der Waals surface area contributed by atoms with E-state index in [0.29, 0.717) is 32.8 Å². The molecule has 0 saturated carbocycles. The van der Waals surface area contributed by atoms with E-state index < -0.39 is 5.97 Å². The molecule has 0 unspecified atom stereocenters. The van der Waals surface area contributed by atoms with Crippen molar-refractivity contribution in [3.8, 4) is 11.3 Å². The number of aryl methyl sites for hydroxylation is 2. The minimum absolute atomic E-state index is 0.0394. The average Bonchev–Trinajstić information content (AvgIpc) is 3.38. The van der Waals surface area contributed by atoms with E-state index in [1.165, 1.54) is 11.8 Å². The van der Waals surface area contributed by atoms with Gasteiger partial charge in [-0.3, -0.25) is 0 Å². The van der Waals surface area contributed by atoms with E-state index in [2.05, 4.69) is 15.3 Å². The van der Waals surface area contributed by atoms with Crippen LogP contribution >= 0.6 is 23.4 Å². The summed E-state index contributed by atoms with van der Waals surface area (Å²) in [6.07, 6.45) is 1.64. The van der Waals surface area contributed by atoms with Gasteiger partial charge < -0.3 is 13.8 Å². The molecule has 0 amide bonds. The summed E-state index contributed by atoms with van der Waals surface area (Å²) in [5.74, 6) is 1.29. The van der Waals surface area contributed by atoms with E-state index in [9.17, 15) is 4.79 Å². The molecule has 7 nitrogen and oxygen atoms in total. The largest absolute Gasteiger partial charge is 0.454 e. The fourth-order valence-corrected chi connectivity index (χ4v) is 4.12. The van der Waals surface area contributed by atoms with Gasteiger partial charge in [0.1, 0.15) is 16.5 Å². The summed E-state index contributed by atoms with van der Waals surface area (Å²) in [6, 6.07) is 12.3. The molecule has 0 N–H and O–H groups in total. The van der Waals surface area contributed by atoms with Gasteiger partial charge in [0.05, 0.1) is 11.3 Å². The highest BCUT2D eigenvalue weighted by Crippen LogP contribution is 2.28. The van der Waals surface area contributed by atoms with Crippen LogP contribution in [0.4, 0.5) is 0 Å². The lowest BCUT2D eigenvalue weighted by Gasteiger charge is -2.07. The van der Waals surface area contributed by atoms with Crippen molar-refractivity contribution in [2.45, 2.75) is 31.2 Å². The first-order valence-corrected chi connectivity index (χ1v) is 10.8. The standard InChI is InChI=1S/C22H18ClN3O4S/c1-13-19(14(2)29-25-13)12-31-21-18(4-3-9-24-21)22(27)28-11-17-10-20(26-30-17)15-5-7-16(23)8-6-15/h3-10H,11-12H2,1-2H3. The summed E-state index contributed by atoms with van der Waals surface area (Å²) in [4.78, 5) is 17.0. The highest BCUT2D eigenvalue weighted by Gasteiger charge is 2.17. The predicted octanol–water partition coefficient (Wildman–Crippen LogP) is 5.64. The van der Waals surface area contributed by atoms with Crippen molar-refractivity contribution in [3.05, 3.63) is 82.0 Å². The normalized spacial score (nSPS) is 10.9. The number of carbonyl (C=O) groups excluding carboxylic acids is 1. The first kappa shape index (κ1) is 21.1. The summed E-state index contributed by atoms with van der Waals surface area (Å²) in [5, 5.41) is 9.19. The second-order valence-corrected chi connectivity index (χ2v) is 8.11. The summed E-state index contributed by atoms with van der Waals surface area (Å²) in [5.41, 5.74) is 3.70. The highest BCUT2D eigenvalue weighted by atomic mass is 35.5. The number of benzene rings is 1. The molecule has 0 aliphatic rings. The van der Waals surface area contributed by atoms with Gasteiger partial charge in [0.2, 0.25) is 0 Å². The third-order valence-corrected chi connectivity index (χ3v) is 5.85. The van der Waals surface area contributed by atoms with Crippen molar-refractivity contribution in [3.63, 3.8) is 0 Å². The first-order valence-electron chi connectivity index (χ1n) is 9.39. The molecule has 3 heterocycles. The molecule has 31 heavy (non-hydrogen) atoms. The van der Waals surface area contributed by atoms with Crippen LogP contribution in [0, 0.1) is 13.8 Å².